The van der Waals surface area contributed by atoms with Crippen LogP contribution in [0.3, 0.4) is 0 Å². The van der Waals surface area contributed by atoms with Crippen molar-refractivity contribution in [1.82, 2.24) is 0 Å². The van der Waals surface area contributed by atoms with Crippen molar-refractivity contribution in [2.24, 2.45) is 0 Å². The Morgan fingerprint density at radius 2 is 0.878 bits per heavy atom. The number of para-hydroxylation sites is 2. The third-order valence-electron chi connectivity index (χ3n) is 17.0. The Morgan fingerprint density at radius 3 is 1.58 bits per heavy atom. The van der Waals surface area contributed by atoms with Crippen LogP contribution < -0.4 is 4.90 Å². The maximum Gasteiger partial charge on any atom is 0.0725 e. The third kappa shape index (κ3) is 6.34. The molecule has 0 N–H and O–H groups in total. The van der Waals surface area contributed by atoms with Crippen molar-refractivity contribution in [1.29, 1.82) is 0 Å². The van der Waals surface area contributed by atoms with E-state index in [-0.39, 0.29) is 16.2 Å². The van der Waals surface area contributed by atoms with Crippen molar-refractivity contribution in [2.75, 3.05) is 4.90 Å². The number of rotatable bonds is 5. The van der Waals surface area contributed by atoms with Crippen molar-refractivity contribution < 1.29 is 0 Å². The number of hydrogen-bond acceptors (Lipinski definition) is 2. The van der Waals surface area contributed by atoms with E-state index in [1.165, 1.54) is 120 Å². The van der Waals surface area contributed by atoms with Gasteiger partial charge in [0, 0.05) is 42.4 Å². The summed E-state index contributed by atoms with van der Waals surface area (Å²) in [6.07, 6.45) is 0. The molecule has 0 bridgehead atoms. The molecule has 0 saturated heterocycles. The Kier molecular flexibility index (Phi) is 9.62. The first-order chi connectivity index (χ1) is 35.7. The molecule has 0 aliphatic heterocycles. The van der Waals surface area contributed by atoms with Gasteiger partial charge in [-0.2, -0.15) is 0 Å². The maximum absolute atomic E-state index is 2.57. The van der Waals surface area contributed by atoms with Crippen molar-refractivity contribution in [3.63, 3.8) is 0 Å². The van der Waals surface area contributed by atoms with E-state index >= 15 is 0 Å². The van der Waals surface area contributed by atoms with Crippen LogP contribution in [0.25, 0.3) is 75.8 Å². The Balaban J connectivity index is 1.04. The van der Waals surface area contributed by atoms with E-state index in [0.717, 1.165) is 17.1 Å². The second-order valence-corrected chi connectivity index (χ2v) is 24.7. The molecule has 10 aromatic carbocycles. The van der Waals surface area contributed by atoms with Gasteiger partial charge < -0.3 is 4.90 Å². The molecule has 14 rings (SSSR count). The lowest BCUT2D eigenvalue weighted by atomic mass is 9.69. The van der Waals surface area contributed by atoms with Crippen LogP contribution in [-0.2, 0) is 21.7 Å². The fourth-order valence-corrected chi connectivity index (χ4v) is 14.5. The van der Waals surface area contributed by atoms with Crippen molar-refractivity contribution in [2.45, 2.75) is 77.0 Å². The molecule has 0 radical (unpaired) electrons. The summed E-state index contributed by atoms with van der Waals surface area (Å²) in [6.45, 7) is 18.8. The lowest BCUT2D eigenvalue weighted by Gasteiger charge is -2.33. The van der Waals surface area contributed by atoms with Gasteiger partial charge in [0.15, 0.2) is 0 Å². The molecule has 0 unspecified atom stereocenters. The average molecular weight is 970 g/mol. The summed E-state index contributed by atoms with van der Waals surface area (Å²) in [6, 6.07) is 81.6. The van der Waals surface area contributed by atoms with Crippen molar-refractivity contribution in [3.05, 3.63) is 257 Å². The Bertz CT molecular complexity index is 4080. The molecule has 0 fully saturated rings. The molecule has 358 valence electrons. The first-order valence-electron chi connectivity index (χ1n) is 26.4. The smallest absolute Gasteiger partial charge is 0.0725 e. The number of benzene rings is 10. The number of thiophene rings is 1. The van der Waals surface area contributed by atoms with E-state index in [2.05, 4.69) is 273 Å². The van der Waals surface area contributed by atoms with Gasteiger partial charge in [-0.05, 0) is 136 Å². The summed E-state index contributed by atoms with van der Waals surface area (Å²) in [7, 11) is 0. The topological polar surface area (TPSA) is 3.24 Å². The number of hydrogen-bond donors (Lipinski definition) is 0. The maximum atomic E-state index is 2.57. The highest BCUT2D eigenvalue weighted by Crippen LogP contribution is 2.64. The highest BCUT2D eigenvalue weighted by molar-refractivity contribution is 7.25. The molecule has 3 aliphatic rings. The monoisotopic (exact) mass is 969 g/mol. The van der Waals surface area contributed by atoms with Crippen LogP contribution in [0, 0.1) is 0 Å². The van der Waals surface area contributed by atoms with E-state index in [0.29, 0.717) is 0 Å². The van der Waals surface area contributed by atoms with Crippen molar-refractivity contribution >= 4 is 48.6 Å². The molecule has 0 atom stereocenters. The SMILES string of the molecule is CC(C)(C)c1ccc2c(c1)C1(c3ccccc3-c3cc(N(c4ccccc4-c4ccc5c(c4)sc4ccccc45)c4ccccc4-c4cccc5c4-c4ccccc4C5(C)C)ccc31)c1cc(C(C)(C)C)ccc1-2. The Morgan fingerprint density at radius 1 is 0.351 bits per heavy atom. The molecule has 1 heterocycles. The predicted octanol–water partition coefficient (Wildman–Crippen LogP) is 20.1. The second-order valence-electron chi connectivity index (χ2n) is 23.6. The molecule has 74 heavy (non-hydrogen) atoms. The minimum atomic E-state index is -0.497. The third-order valence-corrected chi connectivity index (χ3v) is 18.2. The molecule has 0 amide bonds. The van der Waals surface area contributed by atoms with Gasteiger partial charge >= 0.3 is 0 Å². The summed E-state index contributed by atoms with van der Waals surface area (Å²) in [4.78, 5) is 2.57. The predicted molar refractivity (Wildman–Crippen MR) is 316 cm³/mol. The lowest BCUT2D eigenvalue weighted by molar-refractivity contribution is 0.586. The summed E-state index contributed by atoms with van der Waals surface area (Å²) >= 11 is 1.88. The van der Waals surface area contributed by atoms with Crippen LogP contribution in [0.2, 0.25) is 0 Å². The molecule has 1 nitrogen and oxygen atoms in total. The van der Waals surface area contributed by atoms with Gasteiger partial charge in [-0.1, -0.05) is 231 Å². The van der Waals surface area contributed by atoms with Crippen LogP contribution in [0.5, 0.6) is 0 Å². The van der Waals surface area contributed by atoms with Gasteiger partial charge in [0.25, 0.3) is 0 Å². The number of anilines is 3. The van der Waals surface area contributed by atoms with Gasteiger partial charge in [-0.3, -0.25) is 0 Å². The van der Waals surface area contributed by atoms with Crippen LogP contribution in [0.4, 0.5) is 17.1 Å². The van der Waals surface area contributed by atoms with Gasteiger partial charge in [-0.25, -0.2) is 0 Å². The highest BCUT2D eigenvalue weighted by Gasteiger charge is 2.52. The summed E-state index contributed by atoms with van der Waals surface area (Å²) < 4.78 is 2.61. The Hall–Kier alpha value is -7.78. The quantitative estimate of drug-likeness (QED) is 0.166. The lowest BCUT2D eigenvalue weighted by Crippen LogP contribution is -2.27. The summed E-state index contributed by atoms with van der Waals surface area (Å²) in [5, 5.41) is 2.62. The van der Waals surface area contributed by atoms with Crippen LogP contribution in [0.15, 0.2) is 212 Å². The minimum Gasteiger partial charge on any atom is -0.309 e. The van der Waals surface area contributed by atoms with Gasteiger partial charge in [0.1, 0.15) is 0 Å². The first-order valence-corrected chi connectivity index (χ1v) is 27.2. The number of fused-ring (bicyclic) bond motifs is 16. The molecular weight excluding hydrogens is 911 g/mol. The largest absolute Gasteiger partial charge is 0.309 e. The van der Waals surface area contributed by atoms with Gasteiger partial charge in [-0.15, -0.1) is 11.3 Å². The molecule has 1 spiro atoms. The highest BCUT2D eigenvalue weighted by atomic mass is 32.1. The first kappa shape index (κ1) is 44.9. The van der Waals surface area contributed by atoms with Crippen LogP contribution in [0.1, 0.15) is 99.9 Å². The Labute approximate surface area is 440 Å². The second kappa shape index (κ2) is 15.9. The van der Waals surface area contributed by atoms with Gasteiger partial charge in [0.2, 0.25) is 0 Å². The normalized spacial score (nSPS) is 14.4. The standard InChI is InChI=1S/C72H59NS/c1-69(2,3)45-33-37-50-51-38-34-46(70(4,5)6)42-63(51)72(62(50)41-45)59-27-15-9-21-49(59)57-43-47(35-39-60(57)72)73(64-29-16-11-20-48(64)44-32-36-54-53-23-13-18-31-66(53)74-67(54)40-44)65-30-17-12-22-52(65)55-25-19-28-61-68(55)56-24-10-14-26-58(56)71(61,7)8/h9-43H,1-8H3. The zero-order valence-corrected chi connectivity index (χ0v) is 44.4. The summed E-state index contributed by atoms with van der Waals surface area (Å²) in [5.41, 5.74) is 26.4. The zero-order chi connectivity index (χ0) is 50.5. The van der Waals surface area contributed by atoms with Crippen LogP contribution >= 0.6 is 11.3 Å². The molecular formula is C72H59NS. The minimum absolute atomic E-state index is 0.0220. The molecule has 2 heteroatoms. The van der Waals surface area contributed by atoms with Crippen molar-refractivity contribution in [3.8, 4) is 55.6 Å². The van der Waals surface area contributed by atoms with E-state index in [4.69, 9.17) is 0 Å². The van der Waals surface area contributed by atoms with E-state index in [9.17, 15) is 0 Å². The zero-order valence-electron chi connectivity index (χ0n) is 43.6. The summed E-state index contributed by atoms with van der Waals surface area (Å²) in [5.74, 6) is 0. The number of nitrogens with zero attached hydrogens (tertiary/aromatic N) is 1. The fraction of sp³-hybridized carbons (Fsp3) is 0.167. The van der Waals surface area contributed by atoms with Crippen LogP contribution in [-0.4, -0.2) is 0 Å². The molecule has 11 aromatic rings. The van der Waals surface area contributed by atoms with E-state index in [1.807, 2.05) is 11.3 Å². The van der Waals surface area contributed by atoms with Gasteiger partial charge in [0.05, 0.1) is 16.8 Å². The molecule has 0 saturated carbocycles. The van der Waals surface area contributed by atoms with E-state index < -0.39 is 5.41 Å². The molecule has 1 aromatic heterocycles. The fourth-order valence-electron chi connectivity index (χ4n) is 13.3. The molecule has 3 aliphatic carbocycles. The average Bonchev–Trinajstić information content (AvgIpc) is 4.13. The van der Waals surface area contributed by atoms with E-state index in [1.54, 1.807) is 0 Å².